The van der Waals surface area contributed by atoms with Crippen LogP contribution in [0.3, 0.4) is 0 Å². The zero-order chi connectivity index (χ0) is 33.6. The fourth-order valence-electron chi connectivity index (χ4n) is 4.73. The first-order chi connectivity index (χ1) is 22.6. The molecular weight excluding hydrogens is 572 g/mol. The van der Waals surface area contributed by atoms with Gasteiger partial charge >= 0.3 is 11.9 Å². The molecule has 0 bridgehead atoms. The topological polar surface area (TPSA) is 61.8 Å². The van der Waals surface area contributed by atoms with Crippen molar-refractivity contribution in [2.45, 2.75) is 168 Å². The van der Waals surface area contributed by atoms with Crippen molar-refractivity contribution >= 4 is 11.9 Å². The Morgan fingerprint density at radius 3 is 1.65 bits per heavy atom. The van der Waals surface area contributed by atoms with Crippen molar-refractivity contribution in [2.75, 3.05) is 19.8 Å². The summed E-state index contributed by atoms with van der Waals surface area (Å²) in [4.78, 5) is 24.8. The number of hydrogen-bond acceptors (Lipinski definition) is 5. The largest absolute Gasteiger partial charge is 0.462 e. The Morgan fingerprint density at radius 2 is 1.00 bits per heavy atom. The third-order valence-electron chi connectivity index (χ3n) is 7.54. The van der Waals surface area contributed by atoms with Crippen LogP contribution in [0.25, 0.3) is 0 Å². The van der Waals surface area contributed by atoms with Gasteiger partial charge in [-0.3, -0.25) is 9.59 Å². The Labute approximate surface area is 284 Å². The molecule has 0 aromatic rings. The number of carbonyl (C=O) groups excluding carboxylic acids is 2. The lowest BCUT2D eigenvalue weighted by Crippen LogP contribution is -2.30. The maximum Gasteiger partial charge on any atom is 0.306 e. The first-order valence-electron chi connectivity index (χ1n) is 18.8. The highest BCUT2D eigenvalue weighted by molar-refractivity contribution is 5.70. The molecule has 0 heterocycles. The fourth-order valence-corrected chi connectivity index (χ4v) is 4.73. The molecule has 0 aliphatic rings. The molecule has 0 radical (unpaired) electrons. The van der Waals surface area contributed by atoms with Crippen molar-refractivity contribution in [1.29, 1.82) is 0 Å². The number of carbonyl (C=O) groups is 2. The molecule has 0 saturated carbocycles. The van der Waals surface area contributed by atoms with E-state index in [-0.39, 0.29) is 25.2 Å². The lowest BCUT2D eigenvalue weighted by molar-refractivity contribution is -0.163. The van der Waals surface area contributed by atoms with Gasteiger partial charge in [-0.2, -0.15) is 0 Å². The molecule has 0 spiro atoms. The summed E-state index contributed by atoms with van der Waals surface area (Å²) < 4.78 is 17.0. The second-order valence-electron chi connectivity index (χ2n) is 12.1. The van der Waals surface area contributed by atoms with Gasteiger partial charge in [0.2, 0.25) is 0 Å². The van der Waals surface area contributed by atoms with Crippen LogP contribution in [-0.2, 0) is 23.8 Å². The van der Waals surface area contributed by atoms with Crippen molar-refractivity contribution in [3.05, 3.63) is 60.8 Å². The molecule has 0 aromatic carbocycles. The Balaban J connectivity index is 4.25. The van der Waals surface area contributed by atoms with Gasteiger partial charge in [0.25, 0.3) is 0 Å². The number of hydrogen-bond donors (Lipinski definition) is 0. The number of esters is 2. The highest BCUT2D eigenvalue weighted by Gasteiger charge is 2.17. The third-order valence-corrected chi connectivity index (χ3v) is 7.54. The highest BCUT2D eigenvalue weighted by atomic mass is 16.6. The summed E-state index contributed by atoms with van der Waals surface area (Å²) in [6.07, 6.45) is 43.9. The van der Waals surface area contributed by atoms with E-state index in [0.29, 0.717) is 19.4 Å². The van der Waals surface area contributed by atoms with Gasteiger partial charge in [0.15, 0.2) is 6.10 Å². The summed E-state index contributed by atoms with van der Waals surface area (Å²) >= 11 is 0. The maximum atomic E-state index is 12.4. The summed E-state index contributed by atoms with van der Waals surface area (Å²) in [5.74, 6) is -0.458. The molecular formula is C41H70O5. The molecule has 0 aliphatic heterocycles. The average molecular weight is 643 g/mol. The van der Waals surface area contributed by atoms with Gasteiger partial charge in [-0.25, -0.2) is 0 Å². The van der Waals surface area contributed by atoms with Crippen LogP contribution in [0.1, 0.15) is 162 Å². The molecule has 0 fully saturated rings. The highest BCUT2D eigenvalue weighted by Crippen LogP contribution is 2.11. The molecule has 0 aliphatic carbocycles. The molecule has 0 aromatic heterocycles. The Hall–Kier alpha value is -2.40. The van der Waals surface area contributed by atoms with Gasteiger partial charge in [-0.1, -0.05) is 139 Å². The van der Waals surface area contributed by atoms with Crippen molar-refractivity contribution in [1.82, 2.24) is 0 Å². The fraction of sp³-hybridized carbons (Fsp3) is 0.707. The maximum absolute atomic E-state index is 12.4. The van der Waals surface area contributed by atoms with E-state index in [9.17, 15) is 9.59 Å². The first kappa shape index (κ1) is 43.6. The van der Waals surface area contributed by atoms with Crippen molar-refractivity contribution in [2.24, 2.45) is 0 Å². The predicted octanol–water partition coefficient (Wildman–Crippen LogP) is 11.9. The first-order valence-corrected chi connectivity index (χ1v) is 18.8. The number of allylic oxidation sites excluding steroid dienone is 10. The summed E-state index contributed by atoms with van der Waals surface area (Å²) in [5.41, 5.74) is 0. The van der Waals surface area contributed by atoms with Crippen LogP contribution in [0, 0.1) is 0 Å². The van der Waals surface area contributed by atoms with E-state index in [1.807, 2.05) is 0 Å². The van der Waals surface area contributed by atoms with Gasteiger partial charge in [0, 0.05) is 19.4 Å². The molecule has 0 rings (SSSR count). The van der Waals surface area contributed by atoms with E-state index < -0.39 is 6.10 Å². The molecule has 264 valence electrons. The predicted molar refractivity (Wildman–Crippen MR) is 196 cm³/mol. The minimum absolute atomic E-state index is 0.0572. The standard InChI is InChI=1S/C41H70O5/c1-4-7-10-13-15-17-19-20-21-23-25-27-30-33-36-44-37-39(46-41(43)35-32-28-12-9-6-3)38-45-40(42)34-31-29-26-24-22-18-16-14-11-8-5-2/h7,10,14-17,20-21,25,27,39H,4-6,8-9,11-13,18-19,22-24,26,28-38H2,1-3H3/b10-7-,16-14-,17-15-,21-20-,27-25-. The van der Waals surface area contributed by atoms with Crippen molar-refractivity contribution < 1.29 is 23.8 Å². The van der Waals surface area contributed by atoms with Gasteiger partial charge in [0.05, 0.1) is 6.61 Å². The van der Waals surface area contributed by atoms with Crippen LogP contribution in [0.15, 0.2) is 60.8 Å². The van der Waals surface area contributed by atoms with Crippen LogP contribution in [-0.4, -0.2) is 37.9 Å². The van der Waals surface area contributed by atoms with Crippen LogP contribution in [0.5, 0.6) is 0 Å². The van der Waals surface area contributed by atoms with E-state index in [1.54, 1.807) is 0 Å². The zero-order valence-corrected chi connectivity index (χ0v) is 30.1. The van der Waals surface area contributed by atoms with Crippen LogP contribution in [0.4, 0.5) is 0 Å². The molecule has 0 N–H and O–H groups in total. The molecule has 1 atom stereocenters. The van der Waals surface area contributed by atoms with Crippen LogP contribution in [0.2, 0.25) is 0 Å². The van der Waals surface area contributed by atoms with Crippen LogP contribution >= 0.6 is 0 Å². The minimum Gasteiger partial charge on any atom is -0.462 e. The third kappa shape index (κ3) is 34.5. The van der Waals surface area contributed by atoms with E-state index in [4.69, 9.17) is 14.2 Å². The molecule has 46 heavy (non-hydrogen) atoms. The van der Waals surface area contributed by atoms with E-state index in [0.717, 1.165) is 83.5 Å². The second-order valence-corrected chi connectivity index (χ2v) is 12.1. The van der Waals surface area contributed by atoms with Crippen molar-refractivity contribution in [3.8, 4) is 0 Å². The Morgan fingerprint density at radius 1 is 0.500 bits per heavy atom. The van der Waals surface area contributed by atoms with E-state index >= 15 is 0 Å². The van der Waals surface area contributed by atoms with Gasteiger partial charge in [-0.05, 0) is 70.6 Å². The normalized spacial score (nSPS) is 12.8. The smallest absolute Gasteiger partial charge is 0.306 e. The summed E-state index contributed by atoms with van der Waals surface area (Å²) in [7, 11) is 0. The number of unbranched alkanes of at least 4 members (excludes halogenated alkanes) is 12. The number of ether oxygens (including phenoxy) is 3. The lowest BCUT2D eigenvalue weighted by atomic mass is 10.1. The number of rotatable bonds is 33. The minimum atomic E-state index is -0.560. The second kappa shape index (κ2) is 37.1. The summed E-state index contributed by atoms with van der Waals surface area (Å²) in [5, 5.41) is 0. The Kier molecular flexibility index (Phi) is 35.1. The van der Waals surface area contributed by atoms with Gasteiger partial charge in [-0.15, -0.1) is 0 Å². The van der Waals surface area contributed by atoms with Gasteiger partial charge in [0.1, 0.15) is 6.61 Å². The quantitative estimate of drug-likeness (QED) is 0.0405. The monoisotopic (exact) mass is 643 g/mol. The van der Waals surface area contributed by atoms with Crippen LogP contribution < -0.4 is 0 Å². The molecule has 5 nitrogen and oxygen atoms in total. The van der Waals surface area contributed by atoms with E-state index in [1.165, 1.54) is 44.9 Å². The summed E-state index contributed by atoms with van der Waals surface area (Å²) in [6.45, 7) is 7.43. The lowest BCUT2D eigenvalue weighted by Gasteiger charge is -2.18. The molecule has 0 amide bonds. The Bertz CT molecular complexity index is 823. The SMILES string of the molecule is CC/C=C\C/C=C\C/C=C\C/C=C\CCCOCC(COC(=O)CCCCCCC/C=C\CCCC)OC(=O)CCCCCCC. The molecule has 1 unspecified atom stereocenters. The van der Waals surface area contributed by atoms with Crippen molar-refractivity contribution in [3.63, 3.8) is 0 Å². The molecule has 5 heteroatoms. The van der Waals surface area contributed by atoms with E-state index in [2.05, 4.69) is 81.5 Å². The summed E-state index contributed by atoms with van der Waals surface area (Å²) in [6, 6.07) is 0. The molecule has 0 saturated heterocycles. The zero-order valence-electron chi connectivity index (χ0n) is 30.1. The van der Waals surface area contributed by atoms with Gasteiger partial charge < -0.3 is 14.2 Å². The average Bonchev–Trinajstić information content (AvgIpc) is 3.05.